The number of amides is 2. The number of nitrogens with zero attached hydrogens (tertiary/aromatic N) is 1. The van der Waals surface area contributed by atoms with Gasteiger partial charge >= 0.3 is 0 Å². The fourth-order valence-electron chi connectivity index (χ4n) is 2.41. The first-order valence-corrected chi connectivity index (χ1v) is 7.53. The minimum Gasteiger partial charge on any atom is -0.492 e. The smallest absolute Gasteiger partial charge is 0.253 e. The standard InChI is InChI=1S/C16H23N3O3/c1-4-22-14-6-5-11(16(21)19(2)3)9-13(14)18-15(20)12-7-8-17-10-12/h5-6,9,12,17H,4,7-8,10H2,1-3H3,(H,18,20). The number of carbonyl (C=O) groups is 2. The van der Waals surface area contributed by atoms with Crippen LogP contribution in [0.5, 0.6) is 5.75 Å². The zero-order valence-corrected chi connectivity index (χ0v) is 13.3. The van der Waals surface area contributed by atoms with Crippen LogP contribution in [-0.2, 0) is 4.79 Å². The van der Waals surface area contributed by atoms with Crippen molar-refractivity contribution in [3.63, 3.8) is 0 Å². The molecule has 0 aromatic heterocycles. The number of rotatable bonds is 5. The second-order valence-corrected chi connectivity index (χ2v) is 5.52. The summed E-state index contributed by atoms with van der Waals surface area (Å²) in [5.74, 6) is 0.390. The highest BCUT2D eigenvalue weighted by atomic mass is 16.5. The summed E-state index contributed by atoms with van der Waals surface area (Å²) in [7, 11) is 3.39. The van der Waals surface area contributed by atoms with Crippen molar-refractivity contribution in [1.29, 1.82) is 0 Å². The third kappa shape index (κ3) is 3.76. The number of hydrogen-bond acceptors (Lipinski definition) is 4. The topological polar surface area (TPSA) is 70.7 Å². The Labute approximate surface area is 130 Å². The normalized spacial score (nSPS) is 17.1. The second-order valence-electron chi connectivity index (χ2n) is 5.52. The van der Waals surface area contributed by atoms with Gasteiger partial charge in [-0.15, -0.1) is 0 Å². The first-order valence-electron chi connectivity index (χ1n) is 7.53. The molecule has 0 radical (unpaired) electrons. The van der Waals surface area contributed by atoms with Gasteiger partial charge in [0.25, 0.3) is 5.91 Å². The van der Waals surface area contributed by atoms with E-state index >= 15 is 0 Å². The lowest BCUT2D eigenvalue weighted by Crippen LogP contribution is -2.25. The molecule has 22 heavy (non-hydrogen) atoms. The maximum absolute atomic E-state index is 12.3. The molecule has 2 N–H and O–H groups in total. The van der Waals surface area contributed by atoms with Gasteiger partial charge in [-0.25, -0.2) is 0 Å². The summed E-state index contributed by atoms with van der Waals surface area (Å²) in [5.41, 5.74) is 1.07. The Bertz CT molecular complexity index is 552. The molecule has 0 bridgehead atoms. The average Bonchev–Trinajstić information content (AvgIpc) is 3.02. The van der Waals surface area contributed by atoms with Crippen molar-refractivity contribution in [2.24, 2.45) is 5.92 Å². The van der Waals surface area contributed by atoms with Crippen LogP contribution in [0.4, 0.5) is 5.69 Å². The van der Waals surface area contributed by atoms with Gasteiger partial charge in [-0.2, -0.15) is 0 Å². The van der Waals surface area contributed by atoms with Gasteiger partial charge in [-0.05, 0) is 38.1 Å². The Morgan fingerprint density at radius 3 is 2.77 bits per heavy atom. The van der Waals surface area contributed by atoms with Crippen LogP contribution in [0, 0.1) is 5.92 Å². The van der Waals surface area contributed by atoms with Gasteiger partial charge in [0.1, 0.15) is 5.75 Å². The van der Waals surface area contributed by atoms with E-state index in [4.69, 9.17) is 4.74 Å². The average molecular weight is 305 g/mol. The SMILES string of the molecule is CCOc1ccc(C(=O)N(C)C)cc1NC(=O)C1CCNC1. The molecule has 1 saturated heterocycles. The number of ether oxygens (including phenoxy) is 1. The summed E-state index contributed by atoms with van der Waals surface area (Å²) in [6, 6.07) is 5.11. The Hall–Kier alpha value is -2.08. The van der Waals surface area contributed by atoms with Crippen molar-refractivity contribution in [2.75, 3.05) is 39.1 Å². The fourth-order valence-corrected chi connectivity index (χ4v) is 2.41. The Balaban J connectivity index is 2.23. The van der Waals surface area contributed by atoms with Crippen LogP contribution in [0.25, 0.3) is 0 Å². The Morgan fingerprint density at radius 2 is 2.18 bits per heavy atom. The van der Waals surface area contributed by atoms with Gasteiger partial charge in [-0.3, -0.25) is 9.59 Å². The molecular formula is C16H23N3O3. The largest absolute Gasteiger partial charge is 0.492 e. The quantitative estimate of drug-likeness (QED) is 0.861. The van der Waals surface area contributed by atoms with Crippen molar-refractivity contribution in [2.45, 2.75) is 13.3 Å². The number of nitrogens with one attached hydrogen (secondary N) is 2. The van der Waals surface area contributed by atoms with Crippen LogP contribution >= 0.6 is 0 Å². The summed E-state index contributed by atoms with van der Waals surface area (Å²) in [4.78, 5) is 25.9. The molecule has 1 aromatic rings. The van der Waals surface area contributed by atoms with E-state index in [-0.39, 0.29) is 17.7 Å². The number of hydrogen-bond donors (Lipinski definition) is 2. The minimum absolute atomic E-state index is 0.0392. The molecule has 1 unspecified atom stereocenters. The van der Waals surface area contributed by atoms with Gasteiger partial charge in [0.05, 0.1) is 18.2 Å². The van der Waals surface area contributed by atoms with Crippen molar-refractivity contribution in [1.82, 2.24) is 10.2 Å². The van der Waals surface area contributed by atoms with Gasteiger partial charge in [0.15, 0.2) is 0 Å². The molecule has 120 valence electrons. The van der Waals surface area contributed by atoms with E-state index in [1.807, 2.05) is 6.92 Å². The fraction of sp³-hybridized carbons (Fsp3) is 0.500. The number of benzene rings is 1. The highest BCUT2D eigenvalue weighted by molar-refractivity contribution is 5.98. The van der Waals surface area contributed by atoms with E-state index in [9.17, 15) is 9.59 Å². The van der Waals surface area contributed by atoms with Gasteiger partial charge in [-0.1, -0.05) is 0 Å². The third-order valence-corrected chi connectivity index (χ3v) is 3.62. The molecule has 6 heteroatoms. The molecule has 1 aliphatic heterocycles. The molecular weight excluding hydrogens is 282 g/mol. The zero-order chi connectivity index (χ0) is 16.1. The first-order chi connectivity index (χ1) is 10.5. The predicted octanol–water partition coefficient (Wildman–Crippen LogP) is 1.34. The molecule has 0 saturated carbocycles. The molecule has 1 aliphatic rings. The molecule has 1 atom stereocenters. The maximum atomic E-state index is 12.3. The van der Waals surface area contributed by atoms with E-state index < -0.39 is 0 Å². The minimum atomic E-state index is -0.110. The monoisotopic (exact) mass is 305 g/mol. The van der Waals surface area contributed by atoms with E-state index in [2.05, 4.69) is 10.6 Å². The van der Waals surface area contributed by atoms with Crippen LogP contribution in [0.2, 0.25) is 0 Å². The number of anilines is 1. The summed E-state index contributed by atoms with van der Waals surface area (Å²) in [6.45, 7) is 3.92. The summed E-state index contributed by atoms with van der Waals surface area (Å²) in [6.07, 6.45) is 0.826. The highest BCUT2D eigenvalue weighted by Gasteiger charge is 2.23. The maximum Gasteiger partial charge on any atom is 0.253 e. The van der Waals surface area contributed by atoms with Gasteiger partial charge in [0.2, 0.25) is 5.91 Å². The molecule has 0 spiro atoms. The molecule has 1 fully saturated rings. The van der Waals surface area contributed by atoms with Crippen LogP contribution in [-0.4, -0.2) is 50.5 Å². The lowest BCUT2D eigenvalue weighted by atomic mass is 10.1. The van der Waals surface area contributed by atoms with Crippen LogP contribution in [0.1, 0.15) is 23.7 Å². The second kappa shape index (κ2) is 7.26. The van der Waals surface area contributed by atoms with Crippen LogP contribution in [0.15, 0.2) is 18.2 Å². The van der Waals surface area contributed by atoms with E-state index in [0.717, 1.165) is 13.0 Å². The lowest BCUT2D eigenvalue weighted by molar-refractivity contribution is -0.119. The predicted molar refractivity (Wildman–Crippen MR) is 85.2 cm³/mol. The molecule has 2 amide bonds. The van der Waals surface area contributed by atoms with Crippen molar-refractivity contribution < 1.29 is 14.3 Å². The van der Waals surface area contributed by atoms with E-state index in [1.165, 1.54) is 4.90 Å². The summed E-state index contributed by atoms with van der Waals surface area (Å²) >= 11 is 0. The highest BCUT2D eigenvalue weighted by Crippen LogP contribution is 2.27. The van der Waals surface area contributed by atoms with Crippen LogP contribution < -0.4 is 15.4 Å². The third-order valence-electron chi connectivity index (χ3n) is 3.62. The van der Waals surface area contributed by atoms with Crippen LogP contribution in [0.3, 0.4) is 0 Å². The lowest BCUT2D eigenvalue weighted by Gasteiger charge is -2.16. The van der Waals surface area contributed by atoms with Gasteiger partial charge < -0.3 is 20.3 Å². The Kier molecular flexibility index (Phi) is 5.38. The summed E-state index contributed by atoms with van der Waals surface area (Å²) in [5, 5.41) is 6.07. The van der Waals surface area contributed by atoms with Crippen molar-refractivity contribution in [3.05, 3.63) is 23.8 Å². The molecule has 1 aromatic carbocycles. The molecule has 6 nitrogen and oxygen atoms in total. The Morgan fingerprint density at radius 1 is 1.41 bits per heavy atom. The van der Waals surface area contributed by atoms with E-state index in [1.54, 1.807) is 32.3 Å². The molecule has 2 rings (SSSR count). The number of carbonyl (C=O) groups excluding carboxylic acids is 2. The van der Waals surface area contributed by atoms with Gasteiger partial charge in [0, 0.05) is 26.2 Å². The van der Waals surface area contributed by atoms with Crippen molar-refractivity contribution in [3.8, 4) is 5.75 Å². The first kappa shape index (κ1) is 16.3. The molecule has 1 heterocycles. The van der Waals surface area contributed by atoms with Crippen molar-refractivity contribution >= 4 is 17.5 Å². The molecule has 0 aliphatic carbocycles. The summed E-state index contributed by atoms with van der Waals surface area (Å²) < 4.78 is 5.54. The zero-order valence-electron chi connectivity index (χ0n) is 13.3. The van der Waals surface area contributed by atoms with E-state index in [0.29, 0.717) is 30.2 Å².